The van der Waals surface area contributed by atoms with Crippen molar-refractivity contribution in [3.05, 3.63) is 47.5 Å². The van der Waals surface area contributed by atoms with Gasteiger partial charge in [-0.15, -0.1) is 0 Å². The molecule has 0 aromatic carbocycles. The zero-order valence-corrected chi connectivity index (χ0v) is 31.2. The molecule has 1 aromatic rings. The summed E-state index contributed by atoms with van der Waals surface area (Å²) < 4.78 is 51.5. The smallest absolute Gasteiger partial charge is 0.333 e. The van der Waals surface area contributed by atoms with Crippen LogP contribution >= 0.6 is 0 Å². The molecule has 4 saturated carbocycles. The summed E-state index contributed by atoms with van der Waals surface area (Å²) >= 11 is 0. The van der Waals surface area contributed by atoms with Crippen LogP contribution in [0.15, 0.2) is 46.3 Å². The lowest BCUT2D eigenvalue weighted by Crippen LogP contribution is -2.92. The van der Waals surface area contributed by atoms with E-state index >= 15 is 0 Å². The number of fused-ring (bicyclic) bond motifs is 4. The summed E-state index contributed by atoms with van der Waals surface area (Å²) in [6, 6.07) is 1.75. The number of methoxy groups -OCH3 is 1. The van der Waals surface area contributed by atoms with Crippen molar-refractivity contribution in [2.45, 2.75) is 134 Å². The van der Waals surface area contributed by atoms with Crippen LogP contribution in [0, 0.1) is 28.1 Å². The van der Waals surface area contributed by atoms with E-state index in [2.05, 4.69) is 0 Å². The van der Waals surface area contributed by atoms with E-state index in [1.165, 1.54) is 32.6 Å². The third kappa shape index (κ3) is 3.55. The van der Waals surface area contributed by atoms with Crippen LogP contribution in [0.3, 0.4) is 0 Å². The molecular formula is C39H48O13. The normalized spacial score (nSPS) is 48.3. The molecule has 7 aliphatic rings. The van der Waals surface area contributed by atoms with Crippen molar-refractivity contribution in [1.82, 2.24) is 0 Å². The Balaban J connectivity index is 1.49. The summed E-state index contributed by atoms with van der Waals surface area (Å²) in [6.07, 6.45) is 3.57. The van der Waals surface area contributed by atoms with Gasteiger partial charge in [-0.3, -0.25) is 9.59 Å². The molecule has 2 saturated heterocycles. The lowest BCUT2D eigenvalue weighted by Gasteiger charge is -2.75. The van der Waals surface area contributed by atoms with Crippen LogP contribution in [0.5, 0.6) is 0 Å². The highest BCUT2D eigenvalue weighted by molar-refractivity contribution is 5.88. The van der Waals surface area contributed by atoms with Gasteiger partial charge in [0.25, 0.3) is 5.97 Å². The van der Waals surface area contributed by atoms with Crippen molar-refractivity contribution in [1.29, 1.82) is 0 Å². The molecule has 52 heavy (non-hydrogen) atoms. The van der Waals surface area contributed by atoms with E-state index in [4.69, 9.17) is 37.6 Å². The highest BCUT2D eigenvalue weighted by Gasteiger charge is 3.03. The molecule has 6 fully saturated rings. The molecule has 1 N–H and O–H groups in total. The minimum atomic E-state index is -2.10. The molecule has 13 nitrogen and oxygen atoms in total. The molecule has 4 bridgehead atoms. The number of hydrogen-bond donors (Lipinski definition) is 1. The van der Waals surface area contributed by atoms with Gasteiger partial charge in [0.05, 0.1) is 19.6 Å². The lowest BCUT2D eigenvalue weighted by molar-refractivity contribution is -0.454. The molecule has 4 aliphatic carbocycles. The SMILES string of the molecule is C/C=C(\C)C(=O)O[C@H]1[C@]2(C)C[C@]3(O)[C@@]1(OC(C)=O)[C@H]1O[C@@]4([C@H](C)CC)O[C@@]5(CC[C@]6(C)C(=CC(=O)O[C@H]6c6ccoc6)[C@@]15O4)[C@]3(C)[C@H]2CC(=O)OC. The summed E-state index contributed by atoms with van der Waals surface area (Å²) in [5.41, 5.74) is -9.45. The van der Waals surface area contributed by atoms with Gasteiger partial charge >= 0.3 is 23.9 Å². The van der Waals surface area contributed by atoms with Gasteiger partial charge < -0.3 is 42.7 Å². The molecule has 1 aromatic heterocycles. The van der Waals surface area contributed by atoms with E-state index in [0.717, 1.165) is 0 Å². The zero-order valence-electron chi connectivity index (χ0n) is 31.2. The second-order valence-electron chi connectivity index (χ2n) is 16.7. The zero-order chi connectivity index (χ0) is 37.7. The summed E-state index contributed by atoms with van der Waals surface area (Å²) in [5.74, 6) is -5.54. The summed E-state index contributed by atoms with van der Waals surface area (Å²) in [5, 5.41) is 13.8. The van der Waals surface area contributed by atoms with E-state index in [0.29, 0.717) is 29.6 Å². The van der Waals surface area contributed by atoms with Gasteiger partial charge in [0, 0.05) is 52.7 Å². The Morgan fingerprint density at radius 3 is 2.48 bits per heavy atom. The largest absolute Gasteiger partial charge is 0.472 e. The van der Waals surface area contributed by atoms with Crippen molar-refractivity contribution in [2.24, 2.45) is 28.1 Å². The van der Waals surface area contributed by atoms with Gasteiger partial charge in [-0.25, -0.2) is 9.59 Å². The summed E-state index contributed by atoms with van der Waals surface area (Å²) in [4.78, 5) is 54.8. The van der Waals surface area contributed by atoms with Gasteiger partial charge in [-0.05, 0) is 57.1 Å². The number of carbonyl (C=O) groups excluding carboxylic acids is 4. The van der Waals surface area contributed by atoms with Crippen LogP contribution in [0.1, 0.15) is 99.2 Å². The van der Waals surface area contributed by atoms with E-state index in [-0.39, 0.29) is 19.3 Å². The monoisotopic (exact) mass is 724 g/mol. The maximum atomic E-state index is 13.9. The third-order valence-corrected chi connectivity index (χ3v) is 14.8. The molecule has 0 amide bonds. The van der Waals surface area contributed by atoms with Crippen molar-refractivity contribution < 1.29 is 61.9 Å². The number of hydrogen-bond acceptors (Lipinski definition) is 13. The minimum absolute atomic E-state index is 0.0361. The van der Waals surface area contributed by atoms with Crippen molar-refractivity contribution in [2.75, 3.05) is 7.11 Å². The number of furan rings is 1. The molecule has 13 heteroatoms. The second kappa shape index (κ2) is 10.6. The van der Waals surface area contributed by atoms with E-state index in [1.807, 2.05) is 34.6 Å². The average molecular weight is 725 g/mol. The molecule has 0 radical (unpaired) electrons. The first-order valence-electron chi connectivity index (χ1n) is 18.2. The average Bonchev–Trinajstić information content (AvgIpc) is 3.89. The Morgan fingerprint density at radius 1 is 1.13 bits per heavy atom. The maximum absolute atomic E-state index is 13.9. The predicted molar refractivity (Wildman–Crippen MR) is 177 cm³/mol. The number of cyclic esters (lactones) is 1. The van der Waals surface area contributed by atoms with E-state index in [1.54, 1.807) is 26.0 Å². The Labute approximate surface area is 302 Å². The van der Waals surface area contributed by atoms with Gasteiger partial charge in [-0.2, -0.15) is 0 Å². The number of ether oxygens (including phenoxy) is 7. The maximum Gasteiger partial charge on any atom is 0.333 e. The van der Waals surface area contributed by atoms with E-state index < -0.39 is 98.6 Å². The highest BCUT2D eigenvalue weighted by Crippen LogP contribution is 2.88. The van der Waals surface area contributed by atoms with Crippen molar-refractivity contribution >= 4 is 23.9 Å². The van der Waals surface area contributed by atoms with E-state index in [9.17, 15) is 24.3 Å². The Kier molecular flexibility index (Phi) is 7.22. The molecule has 8 rings (SSSR count). The fourth-order valence-electron chi connectivity index (χ4n) is 12.3. The van der Waals surface area contributed by atoms with Gasteiger partial charge in [0.1, 0.15) is 23.4 Å². The van der Waals surface area contributed by atoms with Crippen molar-refractivity contribution in [3.8, 4) is 0 Å². The Hall–Kier alpha value is -3.52. The quantitative estimate of drug-likeness (QED) is 0.222. The minimum Gasteiger partial charge on any atom is -0.472 e. The molecule has 4 heterocycles. The predicted octanol–water partition coefficient (Wildman–Crippen LogP) is 4.76. The highest BCUT2D eigenvalue weighted by atomic mass is 17.0. The fraction of sp³-hybridized carbons (Fsp3) is 0.692. The van der Waals surface area contributed by atoms with Crippen LogP contribution in [0.2, 0.25) is 0 Å². The topological polar surface area (TPSA) is 166 Å². The van der Waals surface area contributed by atoms with Crippen LogP contribution < -0.4 is 0 Å². The number of esters is 4. The number of aliphatic hydroxyl groups is 1. The molecule has 1 spiro atoms. The molecule has 0 unspecified atom stereocenters. The molecule has 13 atom stereocenters. The number of rotatable bonds is 8. The Bertz CT molecular complexity index is 1830. The first-order chi connectivity index (χ1) is 24.4. The lowest BCUT2D eigenvalue weighted by atomic mass is 9.34. The Morgan fingerprint density at radius 2 is 1.87 bits per heavy atom. The molecule has 3 aliphatic heterocycles. The first kappa shape index (κ1) is 35.5. The van der Waals surface area contributed by atoms with Crippen LogP contribution in [-0.4, -0.2) is 76.7 Å². The number of carbonyl (C=O) groups is 4. The standard InChI is InChI=1S/C39H48O13/c1-10-20(3)29(43)48-30-33(7)19-35(44)34(8,24(33)16-26(41)45-9)36-14-13-32(6)25(17-27(42)47-28(32)23-12-15-46-18-23)37(36)31(38(30,35)49-22(5)40)50-39(51-36,52-37)21(4)11-2/h10,12,15,17-18,21,24,28,30-31,44H,11,13-14,16,19H2,1-9H3/b20-10+/t21-,24+,28+,30+,31+,32-,33-,34-,35-,36+,37-,38+,39+/m1/s1. The third-order valence-electron chi connectivity index (χ3n) is 14.8. The van der Waals surface area contributed by atoms with Crippen LogP contribution in [-0.2, 0) is 52.3 Å². The van der Waals surface area contributed by atoms with Gasteiger partial charge in [-0.1, -0.05) is 40.7 Å². The van der Waals surface area contributed by atoms with Crippen molar-refractivity contribution in [3.63, 3.8) is 0 Å². The van der Waals surface area contributed by atoms with Gasteiger partial charge in [0.15, 0.2) is 11.7 Å². The first-order valence-corrected chi connectivity index (χ1v) is 18.2. The summed E-state index contributed by atoms with van der Waals surface area (Å²) in [6.45, 7) is 14.1. The molecule has 282 valence electrons. The van der Waals surface area contributed by atoms with Gasteiger partial charge in [0.2, 0.25) is 5.60 Å². The van der Waals surface area contributed by atoms with Crippen LogP contribution in [0.25, 0.3) is 0 Å². The number of allylic oxidation sites excluding steroid dienone is 1. The summed E-state index contributed by atoms with van der Waals surface area (Å²) in [7, 11) is 1.30. The second-order valence-corrected chi connectivity index (χ2v) is 16.7. The molecular weight excluding hydrogens is 676 g/mol. The van der Waals surface area contributed by atoms with Crippen LogP contribution in [0.4, 0.5) is 0 Å². The fourth-order valence-corrected chi connectivity index (χ4v) is 12.3.